The fourth-order valence-electron chi connectivity index (χ4n) is 2.82. The first-order valence-electron chi connectivity index (χ1n) is 8.86. The molecular weight excluding hydrogens is 334 g/mol. The average molecular weight is 357 g/mol. The summed E-state index contributed by atoms with van der Waals surface area (Å²) in [7, 11) is 1.64. The molecular formula is C24H23NO2. The zero-order valence-corrected chi connectivity index (χ0v) is 15.8. The lowest BCUT2D eigenvalue weighted by Crippen LogP contribution is -2.14. The van der Waals surface area contributed by atoms with Crippen LogP contribution in [0.2, 0.25) is 0 Å². The molecule has 0 heterocycles. The molecule has 3 heteroatoms. The first-order valence-corrected chi connectivity index (χ1v) is 8.86. The molecule has 0 bridgehead atoms. The van der Waals surface area contributed by atoms with Crippen molar-refractivity contribution in [1.29, 1.82) is 0 Å². The normalized spacial score (nSPS) is 11.1. The second-order valence-electron chi connectivity index (χ2n) is 6.47. The molecule has 3 rings (SSSR count). The predicted octanol–water partition coefficient (Wildman–Crippen LogP) is 5.49. The molecule has 136 valence electrons. The number of anilines is 1. The van der Waals surface area contributed by atoms with Crippen LogP contribution in [0.5, 0.6) is 5.75 Å². The van der Waals surface area contributed by atoms with Crippen LogP contribution in [-0.2, 0) is 4.79 Å². The van der Waals surface area contributed by atoms with E-state index in [2.05, 4.69) is 5.32 Å². The zero-order valence-electron chi connectivity index (χ0n) is 15.8. The van der Waals surface area contributed by atoms with Crippen LogP contribution in [0.15, 0.2) is 72.8 Å². The number of hydrogen-bond donors (Lipinski definition) is 1. The van der Waals surface area contributed by atoms with Crippen LogP contribution in [0.1, 0.15) is 22.3 Å². The average Bonchev–Trinajstić information content (AvgIpc) is 2.70. The Morgan fingerprint density at radius 3 is 2.30 bits per heavy atom. The third-order valence-corrected chi connectivity index (χ3v) is 4.40. The molecule has 3 nitrogen and oxygen atoms in total. The van der Waals surface area contributed by atoms with Gasteiger partial charge < -0.3 is 10.1 Å². The summed E-state index contributed by atoms with van der Waals surface area (Å²) in [6.07, 6.45) is 1.90. The number of carbonyl (C=O) groups is 1. The Bertz CT molecular complexity index is 957. The molecule has 0 radical (unpaired) electrons. The summed E-state index contributed by atoms with van der Waals surface area (Å²) in [5.41, 5.74) is 5.39. The SMILES string of the molecule is COc1ccc(/C=C(/C(=O)Nc2cc(C)ccc2C)c2ccccc2)cc1. The Hall–Kier alpha value is -3.33. The van der Waals surface area contributed by atoms with E-state index in [1.807, 2.05) is 92.7 Å². The van der Waals surface area contributed by atoms with E-state index >= 15 is 0 Å². The fraction of sp³-hybridized carbons (Fsp3) is 0.125. The van der Waals surface area contributed by atoms with Crippen LogP contribution in [0.3, 0.4) is 0 Å². The molecule has 0 saturated carbocycles. The Kier molecular flexibility index (Phi) is 5.72. The number of rotatable bonds is 5. The van der Waals surface area contributed by atoms with Gasteiger partial charge in [-0.1, -0.05) is 54.6 Å². The maximum atomic E-state index is 13.1. The molecule has 3 aromatic carbocycles. The standard InChI is InChI=1S/C24H23NO2/c1-17-9-10-18(2)23(15-17)25-24(26)22(20-7-5-4-6-8-20)16-19-11-13-21(27-3)14-12-19/h4-16H,1-3H3,(H,25,26)/b22-16+. The second kappa shape index (κ2) is 8.37. The number of carbonyl (C=O) groups excluding carboxylic acids is 1. The second-order valence-corrected chi connectivity index (χ2v) is 6.47. The molecule has 27 heavy (non-hydrogen) atoms. The quantitative estimate of drug-likeness (QED) is 0.484. The summed E-state index contributed by atoms with van der Waals surface area (Å²) in [5, 5.41) is 3.06. The zero-order chi connectivity index (χ0) is 19.2. The topological polar surface area (TPSA) is 38.3 Å². The number of amides is 1. The third kappa shape index (κ3) is 4.64. The highest BCUT2D eigenvalue weighted by Crippen LogP contribution is 2.23. The molecule has 0 unspecified atom stereocenters. The molecule has 3 aromatic rings. The smallest absolute Gasteiger partial charge is 0.256 e. The number of hydrogen-bond acceptors (Lipinski definition) is 2. The van der Waals surface area contributed by atoms with Crippen molar-refractivity contribution >= 4 is 23.2 Å². The fourth-order valence-corrected chi connectivity index (χ4v) is 2.82. The number of ether oxygens (including phenoxy) is 1. The van der Waals surface area contributed by atoms with Gasteiger partial charge in [-0.25, -0.2) is 0 Å². The van der Waals surface area contributed by atoms with Crippen LogP contribution < -0.4 is 10.1 Å². The van der Waals surface area contributed by atoms with Gasteiger partial charge in [0.15, 0.2) is 0 Å². The number of benzene rings is 3. The number of methoxy groups -OCH3 is 1. The van der Waals surface area contributed by atoms with E-state index in [-0.39, 0.29) is 5.91 Å². The Balaban J connectivity index is 1.97. The molecule has 0 aliphatic carbocycles. The van der Waals surface area contributed by atoms with E-state index < -0.39 is 0 Å². The number of aryl methyl sites for hydroxylation is 2. The van der Waals surface area contributed by atoms with Gasteiger partial charge >= 0.3 is 0 Å². The van der Waals surface area contributed by atoms with Gasteiger partial charge in [0.05, 0.1) is 7.11 Å². The Labute approximate surface area is 160 Å². The van der Waals surface area contributed by atoms with Gasteiger partial charge in [0.2, 0.25) is 0 Å². The van der Waals surface area contributed by atoms with Gasteiger partial charge in [-0.05, 0) is 60.4 Å². The van der Waals surface area contributed by atoms with Gasteiger partial charge in [0.1, 0.15) is 5.75 Å². The molecule has 0 fully saturated rings. The van der Waals surface area contributed by atoms with Gasteiger partial charge in [0.25, 0.3) is 5.91 Å². The molecule has 1 N–H and O–H groups in total. The van der Waals surface area contributed by atoms with E-state index in [9.17, 15) is 4.79 Å². The van der Waals surface area contributed by atoms with E-state index in [0.717, 1.165) is 33.7 Å². The largest absolute Gasteiger partial charge is 0.497 e. The van der Waals surface area contributed by atoms with Crippen molar-refractivity contribution in [3.63, 3.8) is 0 Å². The maximum Gasteiger partial charge on any atom is 0.256 e. The molecule has 0 aromatic heterocycles. The number of nitrogens with one attached hydrogen (secondary N) is 1. The molecule has 1 amide bonds. The minimum Gasteiger partial charge on any atom is -0.497 e. The lowest BCUT2D eigenvalue weighted by atomic mass is 10.0. The Morgan fingerprint density at radius 2 is 1.63 bits per heavy atom. The predicted molar refractivity (Wildman–Crippen MR) is 112 cm³/mol. The van der Waals surface area contributed by atoms with Crippen molar-refractivity contribution in [2.45, 2.75) is 13.8 Å². The lowest BCUT2D eigenvalue weighted by Gasteiger charge is -2.12. The summed E-state index contributed by atoms with van der Waals surface area (Å²) in [5.74, 6) is 0.652. The van der Waals surface area contributed by atoms with E-state index in [1.54, 1.807) is 7.11 Å². The molecule has 0 aliphatic heterocycles. The van der Waals surface area contributed by atoms with Gasteiger partial charge in [-0.3, -0.25) is 4.79 Å². The van der Waals surface area contributed by atoms with Crippen LogP contribution >= 0.6 is 0 Å². The van der Waals surface area contributed by atoms with Crippen molar-refractivity contribution in [3.8, 4) is 5.75 Å². The molecule has 0 saturated heterocycles. The highest BCUT2D eigenvalue weighted by Gasteiger charge is 2.13. The summed E-state index contributed by atoms with van der Waals surface area (Å²) >= 11 is 0. The van der Waals surface area contributed by atoms with E-state index in [0.29, 0.717) is 5.57 Å². The van der Waals surface area contributed by atoms with E-state index in [1.165, 1.54) is 0 Å². The van der Waals surface area contributed by atoms with Crippen molar-refractivity contribution in [2.24, 2.45) is 0 Å². The molecule has 0 aliphatic rings. The summed E-state index contributed by atoms with van der Waals surface area (Å²) in [6.45, 7) is 4.00. The van der Waals surface area contributed by atoms with Crippen LogP contribution in [-0.4, -0.2) is 13.0 Å². The summed E-state index contributed by atoms with van der Waals surface area (Å²) in [6, 6.07) is 23.4. The van der Waals surface area contributed by atoms with Crippen LogP contribution in [0.4, 0.5) is 5.69 Å². The van der Waals surface area contributed by atoms with Crippen molar-refractivity contribution < 1.29 is 9.53 Å². The summed E-state index contributed by atoms with van der Waals surface area (Å²) < 4.78 is 5.21. The highest BCUT2D eigenvalue weighted by atomic mass is 16.5. The van der Waals surface area contributed by atoms with Crippen LogP contribution in [0, 0.1) is 13.8 Å². The molecule has 0 atom stereocenters. The maximum absolute atomic E-state index is 13.1. The first kappa shape index (κ1) is 18.5. The minimum atomic E-state index is -0.134. The molecule has 0 spiro atoms. The monoisotopic (exact) mass is 357 g/mol. The highest BCUT2D eigenvalue weighted by molar-refractivity contribution is 6.29. The lowest BCUT2D eigenvalue weighted by molar-refractivity contribution is -0.111. The van der Waals surface area contributed by atoms with E-state index in [4.69, 9.17) is 4.74 Å². The van der Waals surface area contributed by atoms with Crippen molar-refractivity contribution in [2.75, 3.05) is 12.4 Å². The minimum absolute atomic E-state index is 0.134. The van der Waals surface area contributed by atoms with Gasteiger partial charge in [0, 0.05) is 11.3 Å². The Morgan fingerprint density at radius 1 is 0.926 bits per heavy atom. The van der Waals surface area contributed by atoms with Gasteiger partial charge in [-0.15, -0.1) is 0 Å². The van der Waals surface area contributed by atoms with Crippen LogP contribution in [0.25, 0.3) is 11.6 Å². The third-order valence-electron chi connectivity index (χ3n) is 4.40. The first-order chi connectivity index (χ1) is 13.1. The van der Waals surface area contributed by atoms with Gasteiger partial charge in [-0.2, -0.15) is 0 Å². The van der Waals surface area contributed by atoms with Crippen molar-refractivity contribution in [3.05, 3.63) is 95.1 Å². The summed E-state index contributed by atoms with van der Waals surface area (Å²) in [4.78, 5) is 13.1. The van der Waals surface area contributed by atoms with Crippen molar-refractivity contribution in [1.82, 2.24) is 0 Å².